The fourth-order valence-corrected chi connectivity index (χ4v) is 7.73. The molecule has 3 aromatic heterocycles. The Morgan fingerprint density at radius 2 is 0.920 bits per heavy atom. The van der Waals surface area contributed by atoms with Crippen molar-refractivity contribution in [3.05, 3.63) is 188 Å². The number of aromatic nitrogens is 3. The standard InChI is InChI=1S/C47H31N3/c1-3-13-32(14-4-1)34-17-9-19-37(29-34)49-42-23-8-7-21-40(42)46-39(22-11-24-43(46)49)36-26-27-41-45(31-36)50(44-25-12-28-48-47(41)44)38-20-10-18-35(30-38)33-15-5-2-6-16-33/h1-31H. The number of fused-ring (bicyclic) bond motifs is 6. The van der Waals surface area contributed by atoms with Crippen LogP contribution in [-0.2, 0) is 0 Å². The van der Waals surface area contributed by atoms with Gasteiger partial charge in [0.05, 0.1) is 27.6 Å². The molecular weight excluding hydrogens is 607 g/mol. The molecule has 0 aliphatic heterocycles. The van der Waals surface area contributed by atoms with Crippen LogP contribution in [0.25, 0.3) is 88.5 Å². The second kappa shape index (κ2) is 11.5. The molecule has 0 aliphatic carbocycles. The van der Waals surface area contributed by atoms with Crippen molar-refractivity contribution < 1.29 is 0 Å². The monoisotopic (exact) mass is 637 g/mol. The molecule has 3 heteroatoms. The van der Waals surface area contributed by atoms with Gasteiger partial charge in [0, 0.05) is 33.7 Å². The highest BCUT2D eigenvalue weighted by Crippen LogP contribution is 2.41. The van der Waals surface area contributed by atoms with Gasteiger partial charge in [-0.3, -0.25) is 4.98 Å². The Morgan fingerprint density at radius 1 is 0.340 bits per heavy atom. The molecule has 0 spiro atoms. The smallest absolute Gasteiger partial charge is 0.0963 e. The summed E-state index contributed by atoms with van der Waals surface area (Å²) in [6.45, 7) is 0. The van der Waals surface area contributed by atoms with E-state index >= 15 is 0 Å². The molecule has 50 heavy (non-hydrogen) atoms. The number of para-hydroxylation sites is 1. The Labute approximate surface area is 290 Å². The summed E-state index contributed by atoms with van der Waals surface area (Å²) in [6, 6.07) is 65.4. The predicted molar refractivity (Wildman–Crippen MR) is 209 cm³/mol. The van der Waals surface area contributed by atoms with Gasteiger partial charge in [0.1, 0.15) is 0 Å². The minimum Gasteiger partial charge on any atom is -0.309 e. The van der Waals surface area contributed by atoms with Crippen LogP contribution in [0.5, 0.6) is 0 Å². The lowest BCUT2D eigenvalue weighted by atomic mass is 9.98. The summed E-state index contributed by atoms with van der Waals surface area (Å²) in [5, 5.41) is 3.63. The van der Waals surface area contributed by atoms with Gasteiger partial charge in [0.25, 0.3) is 0 Å². The minimum atomic E-state index is 1.01. The second-order valence-corrected chi connectivity index (χ2v) is 12.8. The summed E-state index contributed by atoms with van der Waals surface area (Å²) in [6.07, 6.45) is 1.89. The molecule has 0 fully saturated rings. The molecule has 234 valence electrons. The maximum absolute atomic E-state index is 4.87. The first-order chi connectivity index (χ1) is 24.8. The number of benzene rings is 7. The summed E-state index contributed by atoms with van der Waals surface area (Å²) in [7, 11) is 0. The van der Waals surface area contributed by atoms with E-state index in [0.717, 1.165) is 33.3 Å². The number of nitrogens with zero attached hydrogens (tertiary/aromatic N) is 3. The Morgan fingerprint density at radius 3 is 1.64 bits per heavy atom. The summed E-state index contributed by atoms with van der Waals surface area (Å²) in [4.78, 5) is 4.87. The van der Waals surface area contributed by atoms with Crippen molar-refractivity contribution in [2.24, 2.45) is 0 Å². The van der Waals surface area contributed by atoms with Crippen molar-refractivity contribution in [3.8, 4) is 44.8 Å². The van der Waals surface area contributed by atoms with Gasteiger partial charge in [-0.15, -0.1) is 0 Å². The van der Waals surface area contributed by atoms with Crippen LogP contribution < -0.4 is 0 Å². The molecule has 3 nitrogen and oxygen atoms in total. The van der Waals surface area contributed by atoms with Crippen molar-refractivity contribution in [1.29, 1.82) is 0 Å². The van der Waals surface area contributed by atoms with E-state index in [0.29, 0.717) is 0 Å². The van der Waals surface area contributed by atoms with Gasteiger partial charge < -0.3 is 9.13 Å². The highest BCUT2D eigenvalue weighted by molar-refractivity contribution is 6.17. The van der Waals surface area contributed by atoms with E-state index in [1.54, 1.807) is 0 Å². The van der Waals surface area contributed by atoms with Crippen molar-refractivity contribution >= 4 is 43.7 Å². The summed E-state index contributed by atoms with van der Waals surface area (Å²) < 4.78 is 4.78. The van der Waals surface area contributed by atoms with Crippen molar-refractivity contribution in [1.82, 2.24) is 14.1 Å². The molecule has 0 bridgehead atoms. The van der Waals surface area contributed by atoms with E-state index in [9.17, 15) is 0 Å². The molecule has 0 aliphatic rings. The fraction of sp³-hybridized carbons (Fsp3) is 0. The van der Waals surface area contributed by atoms with Gasteiger partial charge in [-0.05, 0) is 94.0 Å². The Hall–Kier alpha value is -6.71. The molecule has 0 amide bonds. The lowest BCUT2D eigenvalue weighted by molar-refractivity contribution is 1.18. The first-order valence-corrected chi connectivity index (χ1v) is 17.1. The fourth-order valence-electron chi connectivity index (χ4n) is 7.73. The highest BCUT2D eigenvalue weighted by Gasteiger charge is 2.19. The third kappa shape index (κ3) is 4.48. The Balaban J connectivity index is 1.20. The molecule has 0 saturated heterocycles. The zero-order valence-corrected chi connectivity index (χ0v) is 27.2. The topological polar surface area (TPSA) is 22.8 Å². The molecule has 0 radical (unpaired) electrons. The maximum Gasteiger partial charge on any atom is 0.0963 e. The quantitative estimate of drug-likeness (QED) is 0.184. The number of hydrogen-bond donors (Lipinski definition) is 0. The molecule has 10 rings (SSSR count). The lowest BCUT2D eigenvalue weighted by Crippen LogP contribution is -1.95. The van der Waals surface area contributed by atoms with Gasteiger partial charge in [-0.1, -0.05) is 121 Å². The van der Waals surface area contributed by atoms with Crippen molar-refractivity contribution in [3.63, 3.8) is 0 Å². The first kappa shape index (κ1) is 28.3. The average molecular weight is 638 g/mol. The number of rotatable bonds is 5. The van der Waals surface area contributed by atoms with Gasteiger partial charge >= 0.3 is 0 Å². The molecule has 0 unspecified atom stereocenters. The molecule has 10 aromatic rings. The molecule has 7 aromatic carbocycles. The summed E-state index contributed by atoms with van der Waals surface area (Å²) in [5.41, 5.74) is 15.1. The van der Waals surface area contributed by atoms with Crippen LogP contribution in [0.4, 0.5) is 0 Å². The Bertz CT molecular complexity index is 2860. The number of pyridine rings is 1. The van der Waals surface area contributed by atoms with E-state index in [1.165, 1.54) is 55.2 Å². The third-order valence-electron chi connectivity index (χ3n) is 9.95. The van der Waals surface area contributed by atoms with Crippen LogP contribution in [0.1, 0.15) is 0 Å². The lowest BCUT2D eigenvalue weighted by Gasteiger charge is -2.12. The van der Waals surface area contributed by atoms with Gasteiger partial charge in [-0.2, -0.15) is 0 Å². The molecular formula is C47H31N3. The first-order valence-electron chi connectivity index (χ1n) is 17.1. The second-order valence-electron chi connectivity index (χ2n) is 12.8. The molecule has 3 heterocycles. The normalized spacial score (nSPS) is 11.6. The van der Waals surface area contributed by atoms with Crippen LogP contribution >= 0.6 is 0 Å². The largest absolute Gasteiger partial charge is 0.309 e. The molecule has 0 N–H and O–H groups in total. The predicted octanol–water partition coefficient (Wildman–Crippen LogP) is 12.3. The molecule has 0 saturated carbocycles. The molecule has 0 atom stereocenters. The van der Waals surface area contributed by atoms with Gasteiger partial charge in [0.2, 0.25) is 0 Å². The van der Waals surface area contributed by atoms with Gasteiger partial charge in [0.15, 0.2) is 0 Å². The SMILES string of the molecule is c1ccc(-c2cccc(-n3c4cc(-c5cccc6c5c5ccccc5n6-c5cccc(-c6ccccc6)c5)ccc4c4ncccc43)c2)cc1. The van der Waals surface area contributed by atoms with Crippen LogP contribution in [0, 0.1) is 0 Å². The van der Waals surface area contributed by atoms with Crippen molar-refractivity contribution in [2.75, 3.05) is 0 Å². The summed E-state index contributed by atoms with van der Waals surface area (Å²) >= 11 is 0. The van der Waals surface area contributed by atoms with E-state index in [4.69, 9.17) is 4.98 Å². The third-order valence-corrected chi connectivity index (χ3v) is 9.95. The van der Waals surface area contributed by atoms with E-state index in [-0.39, 0.29) is 0 Å². The van der Waals surface area contributed by atoms with Crippen LogP contribution in [0.3, 0.4) is 0 Å². The van der Waals surface area contributed by atoms with E-state index in [1.807, 2.05) is 12.3 Å². The van der Waals surface area contributed by atoms with Crippen LogP contribution in [-0.4, -0.2) is 14.1 Å². The van der Waals surface area contributed by atoms with Crippen molar-refractivity contribution in [2.45, 2.75) is 0 Å². The highest BCUT2D eigenvalue weighted by atomic mass is 15.0. The Kier molecular flexibility index (Phi) is 6.49. The van der Waals surface area contributed by atoms with Crippen LogP contribution in [0.2, 0.25) is 0 Å². The zero-order chi connectivity index (χ0) is 33.0. The van der Waals surface area contributed by atoms with E-state index in [2.05, 4.69) is 185 Å². The van der Waals surface area contributed by atoms with Crippen LogP contribution in [0.15, 0.2) is 188 Å². The average Bonchev–Trinajstić information content (AvgIpc) is 3.71. The summed E-state index contributed by atoms with van der Waals surface area (Å²) in [5.74, 6) is 0. The zero-order valence-electron chi connectivity index (χ0n) is 27.2. The maximum atomic E-state index is 4.87. The van der Waals surface area contributed by atoms with E-state index < -0.39 is 0 Å². The minimum absolute atomic E-state index is 1.01. The van der Waals surface area contributed by atoms with Gasteiger partial charge in [-0.25, -0.2) is 0 Å². The number of hydrogen-bond acceptors (Lipinski definition) is 1.